The fraction of sp³-hybridized carbons (Fsp3) is 0.444. The molecule has 3 aromatic carbocycles. The molecule has 2 saturated heterocycles. The Balaban J connectivity index is 0.000000727. The lowest BCUT2D eigenvalue weighted by Gasteiger charge is -2.31. The summed E-state index contributed by atoms with van der Waals surface area (Å²) in [6.07, 6.45) is 0.278. The highest BCUT2D eigenvalue weighted by Gasteiger charge is 2.40. The van der Waals surface area contributed by atoms with Crippen molar-refractivity contribution in [2.75, 3.05) is 19.6 Å². The molecule has 50 heavy (non-hydrogen) atoms. The first-order valence-corrected chi connectivity index (χ1v) is 16.7. The van der Waals surface area contributed by atoms with E-state index in [-0.39, 0.29) is 36.0 Å². The first kappa shape index (κ1) is 38.1. The summed E-state index contributed by atoms with van der Waals surface area (Å²) in [6.45, 7) is 2.26. The van der Waals surface area contributed by atoms with Crippen LogP contribution in [0.4, 0.5) is 13.2 Å². The summed E-state index contributed by atoms with van der Waals surface area (Å²) in [4.78, 5) is 42.5. The average Bonchev–Trinajstić information content (AvgIpc) is 3.52. The van der Waals surface area contributed by atoms with Gasteiger partial charge < -0.3 is 36.8 Å². The van der Waals surface area contributed by atoms with Gasteiger partial charge in [-0.15, -0.1) is 0 Å². The summed E-state index contributed by atoms with van der Waals surface area (Å²) in [6, 6.07) is 23.5. The molecule has 2 aliphatic rings. The van der Waals surface area contributed by atoms with Gasteiger partial charge in [-0.1, -0.05) is 73.2 Å². The SMILES string of the molecule is NC(N)=NCCC[C@H]1C[C@@H](OCc2ccc3ccccc3c2)CN1C(=O)[C@@H](Cc1ccccc1)NC(=O)[C@@H]1CCCCN1.O=C(O)C(F)(F)F. The van der Waals surface area contributed by atoms with Crippen LogP contribution in [0.1, 0.15) is 49.7 Å². The number of ether oxygens (including phenoxy) is 1. The number of alkyl halides is 3. The second-order valence-corrected chi connectivity index (χ2v) is 12.5. The van der Waals surface area contributed by atoms with Crippen LogP contribution in [-0.4, -0.2) is 83.8 Å². The van der Waals surface area contributed by atoms with Crippen LogP contribution in [0.5, 0.6) is 0 Å². The molecule has 5 rings (SSSR count). The van der Waals surface area contributed by atoms with Gasteiger partial charge in [-0.2, -0.15) is 13.2 Å². The zero-order valence-corrected chi connectivity index (χ0v) is 27.8. The third-order valence-electron chi connectivity index (χ3n) is 8.72. The number of aliphatic carboxylic acids is 1. The fourth-order valence-corrected chi connectivity index (χ4v) is 6.21. The highest BCUT2D eigenvalue weighted by atomic mass is 19.4. The molecule has 14 heteroatoms. The zero-order valence-electron chi connectivity index (χ0n) is 27.8. The number of nitrogens with one attached hydrogen (secondary N) is 2. The van der Waals surface area contributed by atoms with Crippen molar-refractivity contribution in [3.63, 3.8) is 0 Å². The number of piperidine rings is 1. The Hall–Kier alpha value is -4.69. The summed E-state index contributed by atoms with van der Waals surface area (Å²) in [7, 11) is 0. The van der Waals surface area contributed by atoms with Gasteiger partial charge in [0.15, 0.2) is 5.96 Å². The van der Waals surface area contributed by atoms with E-state index in [1.807, 2.05) is 47.4 Å². The van der Waals surface area contributed by atoms with Crippen LogP contribution >= 0.6 is 0 Å². The molecule has 0 radical (unpaired) electrons. The van der Waals surface area contributed by atoms with E-state index in [2.05, 4.69) is 46.0 Å². The van der Waals surface area contributed by atoms with E-state index in [1.54, 1.807) is 0 Å². The van der Waals surface area contributed by atoms with Crippen molar-refractivity contribution in [1.82, 2.24) is 15.5 Å². The number of hydrogen-bond donors (Lipinski definition) is 5. The van der Waals surface area contributed by atoms with Crippen LogP contribution in [0, 0.1) is 0 Å². The number of aliphatic imine (C=N–C) groups is 1. The van der Waals surface area contributed by atoms with Crippen LogP contribution in [-0.2, 0) is 32.1 Å². The molecule has 11 nitrogen and oxygen atoms in total. The van der Waals surface area contributed by atoms with Gasteiger partial charge in [0.25, 0.3) is 0 Å². The van der Waals surface area contributed by atoms with Crippen molar-refractivity contribution in [3.05, 3.63) is 83.9 Å². The van der Waals surface area contributed by atoms with Gasteiger partial charge in [-0.05, 0) is 66.6 Å². The van der Waals surface area contributed by atoms with Gasteiger partial charge in [-0.25, -0.2) is 4.79 Å². The van der Waals surface area contributed by atoms with Crippen molar-refractivity contribution in [2.45, 2.75) is 82.0 Å². The average molecular weight is 699 g/mol. The molecular formula is C36H45F3N6O5. The number of hydrogen-bond acceptors (Lipinski definition) is 6. The topological polar surface area (TPSA) is 172 Å². The Morgan fingerprint density at radius 1 is 1.00 bits per heavy atom. The highest BCUT2D eigenvalue weighted by Crippen LogP contribution is 2.27. The number of carbonyl (C=O) groups is 3. The number of likely N-dealkylation sites (tertiary alicyclic amines) is 1. The van der Waals surface area contributed by atoms with E-state index in [9.17, 15) is 22.8 Å². The highest BCUT2D eigenvalue weighted by molar-refractivity contribution is 5.90. The zero-order chi connectivity index (χ0) is 36.1. The lowest BCUT2D eigenvalue weighted by Crippen LogP contribution is -2.56. The smallest absolute Gasteiger partial charge is 0.475 e. The molecule has 0 spiro atoms. The number of amides is 2. The molecule has 7 N–H and O–H groups in total. The van der Waals surface area contributed by atoms with Gasteiger partial charge in [0.2, 0.25) is 11.8 Å². The maximum Gasteiger partial charge on any atom is 0.490 e. The number of fused-ring (bicyclic) bond motifs is 1. The molecule has 2 amide bonds. The molecule has 0 saturated carbocycles. The van der Waals surface area contributed by atoms with Crippen molar-refractivity contribution in [2.24, 2.45) is 16.5 Å². The quantitative estimate of drug-likeness (QED) is 0.108. The van der Waals surface area contributed by atoms with Crippen molar-refractivity contribution < 1.29 is 37.4 Å². The maximum absolute atomic E-state index is 14.3. The summed E-state index contributed by atoms with van der Waals surface area (Å²) in [5.41, 5.74) is 13.2. The molecule has 2 fully saturated rings. The molecule has 2 aliphatic heterocycles. The normalized spacial score (nSPS) is 19.6. The molecule has 0 aliphatic carbocycles. The molecule has 4 atom stereocenters. The van der Waals surface area contributed by atoms with E-state index in [4.69, 9.17) is 26.1 Å². The predicted molar refractivity (Wildman–Crippen MR) is 184 cm³/mol. The van der Waals surface area contributed by atoms with E-state index in [0.29, 0.717) is 26.1 Å². The number of benzene rings is 3. The molecule has 2 heterocycles. The summed E-state index contributed by atoms with van der Waals surface area (Å²) in [5.74, 6) is -2.87. The summed E-state index contributed by atoms with van der Waals surface area (Å²) >= 11 is 0. The maximum atomic E-state index is 14.3. The van der Waals surface area contributed by atoms with Crippen molar-refractivity contribution >= 4 is 34.5 Å². The van der Waals surface area contributed by atoms with E-state index in [1.165, 1.54) is 10.8 Å². The van der Waals surface area contributed by atoms with E-state index in [0.717, 1.165) is 56.2 Å². The lowest BCUT2D eigenvalue weighted by molar-refractivity contribution is -0.192. The molecule has 0 aromatic heterocycles. The Bertz CT molecular complexity index is 1600. The first-order valence-electron chi connectivity index (χ1n) is 16.7. The number of nitrogens with two attached hydrogens (primary N) is 2. The number of guanidine groups is 1. The second kappa shape index (κ2) is 18.3. The number of nitrogens with zero attached hydrogens (tertiary/aromatic N) is 2. The molecule has 0 bridgehead atoms. The van der Waals surface area contributed by atoms with Gasteiger partial charge >= 0.3 is 12.1 Å². The summed E-state index contributed by atoms with van der Waals surface area (Å²) in [5, 5.41) is 15.9. The molecular weight excluding hydrogens is 653 g/mol. The van der Waals surface area contributed by atoms with E-state index < -0.39 is 18.2 Å². The monoisotopic (exact) mass is 698 g/mol. The van der Waals surface area contributed by atoms with Crippen molar-refractivity contribution in [1.29, 1.82) is 0 Å². The van der Waals surface area contributed by atoms with Crippen LogP contribution in [0.2, 0.25) is 0 Å². The molecule has 0 unspecified atom stereocenters. The van der Waals surface area contributed by atoms with Gasteiger partial charge in [0.1, 0.15) is 6.04 Å². The van der Waals surface area contributed by atoms with Crippen LogP contribution < -0.4 is 22.1 Å². The standard InChI is InChI=1S/C34H44N6O3.C2HF3O2/c35-34(36)38-18-8-13-28-21-29(43-23-25-15-16-26-11-4-5-12-27(26)19-25)22-40(28)33(42)31(20-24-9-2-1-3-10-24)39-32(41)30-14-6-7-17-37-30;3-2(4,5)1(6)7/h1-5,9-12,15-16,19,28-31,37H,6-8,13-14,17-18,20-23H2,(H,39,41)(H4,35,36,38);(H,6,7)/t28-,29+,30-,31+;/m0./s1. The Morgan fingerprint density at radius 2 is 1.70 bits per heavy atom. The first-order chi connectivity index (χ1) is 23.9. The second-order valence-electron chi connectivity index (χ2n) is 12.5. The third kappa shape index (κ3) is 11.7. The van der Waals surface area contributed by atoms with Crippen LogP contribution in [0.25, 0.3) is 10.8 Å². The Morgan fingerprint density at radius 3 is 2.36 bits per heavy atom. The van der Waals surface area contributed by atoms with E-state index >= 15 is 0 Å². The summed E-state index contributed by atoms with van der Waals surface area (Å²) < 4.78 is 38.1. The van der Waals surface area contributed by atoms with Gasteiger partial charge in [-0.3, -0.25) is 14.6 Å². The lowest BCUT2D eigenvalue weighted by atomic mass is 10.0. The number of rotatable bonds is 12. The van der Waals surface area contributed by atoms with Gasteiger partial charge in [0.05, 0.1) is 18.8 Å². The minimum atomic E-state index is -5.08. The largest absolute Gasteiger partial charge is 0.490 e. The number of halogens is 3. The fourth-order valence-electron chi connectivity index (χ4n) is 6.21. The number of carbonyl (C=O) groups excluding carboxylic acids is 2. The number of carboxylic acid groups (broad SMARTS) is 1. The van der Waals surface area contributed by atoms with Gasteiger partial charge in [0, 0.05) is 25.6 Å². The van der Waals surface area contributed by atoms with Crippen LogP contribution in [0.3, 0.4) is 0 Å². The van der Waals surface area contributed by atoms with Crippen molar-refractivity contribution in [3.8, 4) is 0 Å². The molecule has 270 valence electrons. The Labute approximate surface area is 289 Å². The minimum Gasteiger partial charge on any atom is -0.475 e. The van der Waals surface area contributed by atoms with Crippen LogP contribution in [0.15, 0.2) is 77.8 Å². The minimum absolute atomic E-state index is 0.0358. The third-order valence-corrected chi connectivity index (χ3v) is 8.72. The molecule has 3 aromatic rings. The number of carboxylic acids is 1. The predicted octanol–water partition coefficient (Wildman–Crippen LogP) is 3.88. The Kier molecular flexibility index (Phi) is 14.0.